The number of carbonyl (C=O) groups is 1. The Kier molecular flexibility index (Phi) is 4.90. The summed E-state index contributed by atoms with van der Waals surface area (Å²) < 4.78 is 5.02. The quantitative estimate of drug-likeness (QED) is 0.654. The SMILES string of the molecule is CCC(C)OC(=O)[C@H](C)[C@H](C)O. The van der Waals surface area contributed by atoms with E-state index < -0.39 is 12.0 Å². The molecule has 0 aromatic heterocycles. The Morgan fingerprint density at radius 2 is 1.92 bits per heavy atom. The molecule has 3 heteroatoms. The van der Waals surface area contributed by atoms with Crippen LogP contribution < -0.4 is 0 Å². The highest BCUT2D eigenvalue weighted by Gasteiger charge is 2.20. The van der Waals surface area contributed by atoms with Gasteiger partial charge in [-0.15, -0.1) is 0 Å². The summed E-state index contributed by atoms with van der Waals surface area (Å²) in [4.78, 5) is 11.2. The molecular formula is C9H18O3. The lowest BCUT2D eigenvalue weighted by Gasteiger charge is -2.16. The van der Waals surface area contributed by atoms with E-state index in [-0.39, 0.29) is 12.1 Å². The minimum absolute atomic E-state index is 0.0568. The minimum atomic E-state index is -0.637. The molecule has 0 bridgehead atoms. The Bertz CT molecular complexity index is 143. The molecule has 3 nitrogen and oxygen atoms in total. The lowest BCUT2D eigenvalue weighted by atomic mass is 10.1. The highest BCUT2D eigenvalue weighted by molar-refractivity contribution is 5.72. The molecule has 1 unspecified atom stereocenters. The van der Waals surface area contributed by atoms with Crippen LogP contribution in [0.5, 0.6) is 0 Å². The van der Waals surface area contributed by atoms with Gasteiger partial charge in [0.1, 0.15) is 0 Å². The summed E-state index contributed by atoms with van der Waals surface area (Å²) in [7, 11) is 0. The van der Waals surface area contributed by atoms with Crippen LogP contribution in [0.4, 0.5) is 0 Å². The summed E-state index contributed by atoms with van der Waals surface area (Å²) in [6.45, 7) is 7.04. The molecule has 0 amide bonds. The third-order valence-electron chi connectivity index (χ3n) is 1.99. The predicted octanol–water partition coefficient (Wildman–Crippen LogP) is 1.34. The first-order chi connectivity index (χ1) is 5.49. The van der Waals surface area contributed by atoms with Crippen LogP contribution in [0.15, 0.2) is 0 Å². The van der Waals surface area contributed by atoms with E-state index in [1.54, 1.807) is 13.8 Å². The maximum absolute atomic E-state index is 11.2. The third-order valence-corrected chi connectivity index (χ3v) is 1.99. The summed E-state index contributed by atoms with van der Waals surface area (Å²) in [5.74, 6) is -0.752. The fourth-order valence-corrected chi connectivity index (χ4v) is 0.586. The van der Waals surface area contributed by atoms with Crippen molar-refractivity contribution in [2.45, 2.75) is 46.3 Å². The fourth-order valence-electron chi connectivity index (χ4n) is 0.586. The molecule has 0 heterocycles. The first kappa shape index (κ1) is 11.4. The summed E-state index contributed by atoms with van der Waals surface area (Å²) in [5, 5.41) is 9.08. The number of aliphatic hydroxyl groups excluding tert-OH is 1. The summed E-state index contributed by atoms with van der Waals surface area (Å²) >= 11 is 0. The first-order valence-electron chi connectivity index (χ1n) is 4.37. The maximum Gasteiger partial charge on any atom is 0.311 e. The van der Waals surface area contributed by atoms with Gasteiger partial charge in [0.15, 0.2) is 0 Å². The fraction of sp³-hybridized carbons (Fsp3) is 0.889. The van der Waals surface area contributed by atoms with Crippen molar-refractivity contribution < 1.29 is 14.6 Å². The van der Waals surface area contributed by atoms with E-state index in [1.807, 2.05) is 13.8 Å². The molecule has 0 fully saturated rings. The van der Waals surface area contributed by atoms with Crippen molar-refractivity contribution in [3.63, 3.8) is 0 Å². The van der Waals surface area contributed by atoms with Crippen LogP contribution in [-0.2, 0) is 9.53 Å². The minimum Gasteiger partial charge on any atom is -0.462 e. The topological polar surface area (TPSA) is 46.5 Å². The van der Waals surface area contributed by atoms with Gasteiger partial charge in [-0.1, -0.05) is 6.92 Å². The molecule has 0 rings (SSSR count). The second-order valence-corrected chi connectivity index (χ2v) is 3.19. The summed E-state index contributed by atoms with van der Waals surface area (Å²) in [5.41, 5.74) is 0. The maximum atomic E-state index is 11.2. The molecule has 72 valence electrons. The normalized spacial score (nSPS) is 18.1. The lowest BCUT2D eigenvalue weighted by molar-refractivity contribution is -0.156. The van der Waals surface area contributed by atoms with Gasteiger partial charge in [0.2, 0.25) is 0 Å². The van der Waals surface area contributed by atoms with Crippen molar-refractivity contribution in [2.75, 3.05) is 0 Å². The molecule has 0 aliphatic heterocycles. The van der Waals surface area contributed by atoms with E-state index in [2.05, 4.69) is 0 Å². The number of carbonyl (C=O) groups excluding carboxylic acids is 1. The molecule has 0 saturated heterocycles. The smallest absolute Gasteiger partial charge is 0.311 e. The average Bonchev–Trinajstić information content (AvgIpc) is 2.02. The number of ether oxygens (including phenoxy) is 1. The predicted molar refractivity (Wildman–Crippen MR) is 46.7 cm³/mol. The zero-order chi connectivity index (χ0) is 9.72. The number of hydrogen-bond acceptors (Lipinski definition) is 3. The molecule has 0 aliphatic carbocycles. The van der Waals surface area contributed by atoms with Crippen molar-refractivity contribution in [1.29, 1.82) is 0 Å². The van der Waals surface area contributed by atoms with E-state index in [0.29, 0.717) is 0 Å². The van der Waals surface area contributed by atoms with Gasteiger partial charge in [-0.25, -0.2) is 0 Å². The van der Waals surface area contributed by atoms with Crippen LogP contribution in [0, 0.1) is 5.92 Å². The van der Waals surface area contributed by atoms with E-state index >= 15 is 0 Å². The van der Waals surface area contributed by atoms with Gasteiger partial charge in [0.25, 0.3) is 0 Å². The van der Waals surface area contributed by atoms with Crippen molar-refractivity contribution in [1.82, 2.24) is 0 Å². The van der Waals surface area contributed by atoms with Crippen LogP contribution in [0.25, 0.3) is 0 Å². The highest BCUT2D eigenvalue weighted by atomic mass is 16.5. The first-order valence-corrected chi connectivity index (χ1v) is 4.37. The zero-order valence-electron chi connectivity index (χ0n) is 8.20. The zero-order valence-corrected chi connectivity index (χ0v) is 8.20. The van der Waals surface area contributed by atoms with Gasteiger partial charge < -0.3 is 9.84 Å². The Morgan fingerprint density at radius 3 is 2.25 bits per heavy atom. The van der Waals surface area contributed by atoms with E-state index in [9.17, 15) is 4.79 Å². The van der Waals surface area contributed by atoms with Crippen LogP contribution in [0.2, 0.25) is 0 Å². The lowest BCUT2D eigenvalue weighted by Crippen LogP contribution is -2.27. The van der Waals surface area contributed by atoms with Gasteiger partial charge in [-0.3, -0.25) is 4.79 Å². The Labute approximate surface area is 73.7 Å². The van der Waals surface area contributed by atoms with E-state index in [0.717, 1.165) is 6.42 Å². The molecule has 0 aromatic carbocycles. The number of aliphatic hydroxyl groups is 1. The number of esters is 1. The highest BCUT2D eigenvalue weighted by Crippen LogP contribution is 2.07. The Balaban J connectivity index is 3.87. The second-order valence-electron chi connectivity index (χ2n) is 3.19. The standard InChI is InChI=1S/C9H18O3/c1-5-6(2)12-9(11)7(3)8(4)10/h6-8,10H,5H2,1-4H3/t6?,7-,8+/m1/s1. The molecule has 12 heavy (non-hydrogen) atoms. The third kappa shape index (κ3) is 3.72. The van der Waals surface area contributed by atoms with Crippen molar-refractivity contribution in [3.8, 4) is 0 Å². The monoisotopic (exact) mass is 174 g/mol. The molecule has 0 radical (unpaired) electrons. The molecule has 0 spiro atoms. The van der Waals surface area contributed by atoms with Gasteiger partial charge in [-0.05, 0) is 27.2 Å². The molecule has 0 aliphatic rings. The Hall–Kier alpha value is -0.570. The number of rotatable bonds is 4. The van der Waals surface area contributed by atoms with Gasteiger partial charge >= 0.3 is 5.97 Å². The van der Waals surface area contributed by atoms with Crippen LogP contribution in [-0.4, -0.2) is 23.3 Å². The largest absolute Gasteiger partial charge is 0.462 e. The molecule has 1 N–H and O–H groups in total. The summed E-state index contributed by atoms with van der Waals surface area (Å²) in [6.07, 6.45) is 0.110. The van der Waals surface area contributed by atoms with Crippen molar-refractivity contribution in [2.24, 2.45) is 5.92 Å². The van der Waals surface area contributed by atoms with Gasteiger partial charge in [0.05, 0.1) is 18.1 Å². The average molecular weight is 174 g/mol. The molecular weight excluding hydrogens is 156 g/mol. The molecule has 0 aromatic rings. The second kappa shape index (κ2) is 5.14. The number of hydrogen-bond donors (Lipinski definition) is 1. The van der Waals surface area contributed by atoms with Crippen LogP contribution in [0.1, 0.15) is 34.1 Å². The molecule has 3 atom stereocenters. The van der Waals surface area contributed by atoms with Crippen molar-refractivity contribution >= 4 is 5.97 Å². The Morgan fingerprint density at radius 1 is 1.42 bits per heavy atom. The van der Waals surface area contributed by atoms with Gasteiger partial charge in [0, 0.05) is 0 Å². The van der Waals surface area contributed by atoms with Crippen LogP contribution >= 0.6 is 0 Å². The van der Waals surface area contributed by atoms with Gasteiger partial charge in [-0.2, -0.15) is 0 Å². The summed E-state index contributed by atoms with van der Waals surface area (Å²) in [6, 6.07) is 0. The van der Waals surface area contributed by atoms with Crippen LogP contribution in [0.3, 0.4) is 0 Å². The molecule has 0 saturated carbocycles. The van der Waals surface area contributed by atoms with Crippen molar-refractivity contribution in [3.05, 3.63) is 0 Å². The van der Waals surface area contributed by atoms with E-state index in [1.165, 1.54) is 0 Å². The van der Waals surface area contributed by atoms with E-state index in [4.69, 9.17) is 9.84 Å².